The van der Waals surface area contributed by atoms with Crippen molar-refractivity contribution in [1.29, 1.82) is 0 Å². The van der Waals surface area contributed by atoms with Crippen LogP contribution in [0.15, 0.2) is 54.7 Å². The van der Waals surface area contributed by atoms with Gasteiger partial charge in [0.2, 0.25) is 0 Å². The van der Waals surface area contributed by atoms with Gasteiger partial charge in [0, 0.05) is 17.0 Å². The van der Waals surface area contributed by atoms with Crippen molar-refractivity contribution in [2.24, 2.45) is 0 Å². The fraction of sp³-hybridized carbons (Fsp3) is 0.280. The van der Waals surface area contributed by atoms with Gasteiger partial charge < -0.3 is 9.72 Å². The number of aryl methyl sites for hydroxylation is 1. The molecule has 2 aromatic heterocycles. The molecule has 6 heteroatoms. The van der Waals surface area contributed by atoms with Gasteiger partial charge in [-0.15, -0.1) is 0 Å². The first-order valence-electron chi connectivity index (χ1n) is 10.7. The Morgan fingerprint density at radius 2 is 1.74 bits per heavy atom. The SMILES string of the molecule is Cc1ccccc1-c1ncc2[nH]c([C@H]3CC[C@@]4(CC3)OC(=O)c3ccccc34)nc2n1. The van der Waals surface area contributed by atoms with Gasteiger partial charge in [0.1, 0.15) is 16.9 Å². The number of aromatic nitrogens is 4. The molecule has 1 aliphatic heterocycles. The van der Waals surface area contributed by atoms with Crippen LogP contribution in [-0.4, -0.2) is 25.9 Å². The van der Waals surface area contributed by atoms with Crippen molar-refractivity contribution < 1.29 is 9.53 Å². The molecule has 6 rings (SSSR count). The summed E-state index contributed by atoms with van der Waals surface area (Å²) in [7, 11) is 0. The second kappa shape index (κ2) is 6.74. The summed E-state index contributed by atoms with van der Waals surface area (Å²) < 4.78 is 5.89. The van der Waals surface area contributed by atoms with Crippen LogP contribution in [0, 0.1) is 6.92 Å². The second-order valence-corrected chi connectivity index (χ2v) is 8.57. The number of benzene rings is 2. The van der Waals surface area contributed by atoms with Crippen molar-refractivity contribution in [2.45, 2.75) is 44.1 Å². The Kier molecular flexibility index (Phi) is 3.96. The number of esters is 1. The standard InChI is InChI=1S/C25H22N4O2/c1-15-6-2-3-7-17(15)22-26-14-20-23(29-22)28-21(27-20)16-10-12-25(13-11-16)19-9-5-4-8-18(19)24(30)31-25/h2-9,14,16H,10-13H2,1H3,(H,26,27,28,29)/t16-,25-. The summed E-state index contributed by atoms with van der Waals surface area (Å²) in [4.78, 5) is 29.8. The van der Waals surface area contributed by atoms with Gasteiger partial charge in [-0.3, -0.25) is 0 Å². The lowest BCUT2D eigenvalue weighted by Gasteiger charge is -2.35. The molecular weight excluding hydrogens is 388 g/mol. The number of nitrogens with one attached hydrogen (secondary N) is 1. The number of rotatable bonds is 2. The average Bonchev–Trinajstić information content (AvgIpc) is 3.34. The number of nitrogens with zero attached hydrogens (tertiary/aromatic N) is 3. The molecular formula is C25H22N4O2. The van der Waals surface area contributed by atoms with E-state index in [9.17, 15) is 4.79 Å². The van der Waals surface area contributed by atoms with Crippen molar-refractivity contribution in [1.82, 2.24) is 19.9 Å². The van der Waals surface area contributed by atoms with E-state index in [1.54, 1.807) is 0 Å². The molecule has 154 valence electrons. The highest BCUT2D eigenvalue weighted by Gasteiger charge is 2.47. The number of aromatic amines is 1. The lowest BCUT2D eigenvalue weighted by atomic mass is 9.75. The van der Waals surface area contributed by atoms with E-state index in [2.05, 4.69) is 23.0 Å². The molecule has 0 amide bonds. The molecule has 0 unspecified atom stereocenters. The predicted molar refractivity (Wildman–Crippen MR) is 117 cm³/mol. The molecule has 1 saturated carbocycles. The van der Waals surface area contributed by atoms with E-state index < -0.39 is 5.60 Å². The molecule has 0 bridgehead atoms. The van der Waals surface area contributed by atoms with Crippen molar-refractivity contribution in [2.75, 3.05) is 0 Å². The lowest BCUT2D eigenvalue weighted by molar-refractivity contribution is -0.0312. The van der Waals surface area contributed by atoms with E-state index in [1.165, 1.54) is 0 Å². The van der Waals surface area contributed by atoms with Gasteiger partial charge in [-0.05, 0) is 44.2 Å². The summed E-state index contributed by atoms with van der Waals surface area (Å²) in [6.45, 7) is 2.06. The summed E-state index contributed by atoms with van der Waals surface area (Å²) >= 11 is 0. The van der Waals surface area contributed by atoms with Gasteiger partial charge in [0.05, 0.1) is 11.8 Å². The van der Waals surface area contributed by atoms with Crippen LogP contribution in [0.5, 0.6) is 0 Å². The minimum absolute atomic E-state index is 0.197. The molecule has 2 aromatic carbocycles. The molecule has 31 heavy (non-hydrogen) atoms. The zero-order chi connectivity index (χ0) is 21.0. The number of ether oxygens (including phenoxy) is 1. The van der Waals surface area contributed by atoms with E-state index in [0.717, 1.165) is 53.7 Å². The number of carbonyl (C=O) groups is 1. The predicted octanol–water partition coefficient (Wildman–Crippen LogP) is 5.05. The highest BCUT2D eigenvalue weighted by Crippen LogP contribution is 2.49. The van der Waals surface area contributed by atoms with Crippen molar-refractivity contribution in [3.05, 3.63) is 77.2 Å². The molecule has 0 atom stereocenters. The summed E-state index contributed by atoms with van der Waals surface area (Å²) in [5.74, 6) is 1.73. The number of fused-ring (bicyclic) bond motifs is 3. The summed E-state index contributed by atoms with van der Waals surface area (Å²) in [6, 6.07) is 15.9. The third-order valence-electron chi connectivity index (χ3n) is 6.75. The van der Waals surface area contributed by atoms with Crippen LogP contribution in [0.2, 0.25) is 0 Å². The summed E-state index contributed by atoms with van der Waals surface area (Å²) in [5, 5.41) is 0. The van der Waals surface area contributed by atoms with E-state index in [1.807, 2.05) is 48.7 Å². The van der Waals surface area contributed by atoms with Crippen molar-refractivity contribution >= 4 is 17.1 Å². The van der Waals surface area contributed by atoms with Crippen LogP contribution in [0.4, 0.5) is 0 Å². The Labute approximate surface area is 179 Å². The van der Waals surface area contributed by atoms with Crippen LogP contribution in [0.1, 0.15) is 58.9 Å². The topological polar surface area (TPSA) is 80.8 Å². The number of hydrogen-bond donors (Lipinski definition) is 1. The molecule has 3 heterocycles. The van der Waals surface area contributed by atoms with Crippen LogP contribution >= 0.6 is 0 Å². The molecule has 1 N–H and O–H groups in total. The van der Waals surface area contributed by atoms with E-state index >= 15 is 0 Å². The molecule has 0 radical (unpaired) electrons. The number of carbonyl (C=O) groups excluding carboxylic acids is 1. The van der Waals surface area contributed by atoms with Gasteiger partial charge >= 0.3 is 5.97 Å². The summed E-state index contributed by atoms with van der Waals surface area (Å²) in [5.41, 5.74) is 4.98. The molecule has 4 aromatic rings. The lowest BCUT2D eigenvalue weighted by Crippen LogP contribution is -2.31. The Hall–Kier alpha value is -3.54. The number of imidazole rings is 1. The molecule has 2 aliphatic rings. The van der Waals surface area contributed by atoms with E-state index in [4.69, 9.17) is 14.7 Å². The quantitative estimate of drug-likeness (QED) is 0.468. The minimum atomic E-state index is -0.478. The minimum Gasteiger partial charge on any atom is -0.451 e. The zero-order valence-electron chi connectivity index (χ0n) is 17.3. The highest BCUT2D eigenvalue weighted by atomic mass is 16.6. The van der Waals surface area contributed by atoms with Crippen LogP contribution < -0.4 is 0 Å². The van der Waals surface area contributed by atoms with E-state index in [-0.39, 0.29) is 11.9 Å². The molecule has 6 nitrogen and oxygen atoms in total. The summed E-state index contributed by atoms with van der Waals surface area (Å²) in [6.07, 6.45) is 5.23. The van der Waals surface area contributed by atoms with Crippen LogP contribution in [0.25, 0.3) is 22.6 Å². The highest BCUT2D eigenvalue weighted by molar-refractivity contribution is 5.94. The van der Waals surface area contributed by atoms with Gasteiger partial charge in [-0.25, -0.2) is 19.7 Å². The second-order valence-electron chi connectivity index (χ2n) is 8.57. The monoisotopic (exact) mass is 410 g/mol. The maximum atomic E-state index is 12.3. The zero-order valence-corrected chi connectivity index (χ0v) is 17.3. The first kappa shape index (κ1) is 18.2. The Balaban J connectivity index is 1.27. The first-order chi connectivity index (χ1) is 15.1. The van der Waals surface area contributed by atoms with Gasteiger partial charge in [0.15, 0.2) is 11.5 Å². The third kappa shape index (κ3) is 2.86. The normalized spacial score (nSPS) is 22.6. The molecule has 1 spiro atoms. The fourth-order valence-corrected chi connectivity index (χ4v) is 5.05. The number of hydrogen-bond acceptors (Lipinski definition) is 5. The third-order valence-corrected chi connectivity index (χ3v) is 6.75. The smallest absolute Gasteiger partial charge is 0.339 e. The maximum absolute atomic E-state index is 12.3. The Morgan fingerprint density at radius 3 is 2.55 bits per heavy atom. The van der Waals surface area contributed by atoms with Crippen molar-refractivity contribution in [3.63, 3.8) is 0 Å². The average molecular weight is 410 g/mol. The largest absolute Gasteiger partial charge is 0.451 e. The van der Waals surface area contributed by atoms with Crippen LogP contribution in [0.3, 0.4) is 0 Å². The van der Waals surface area contributed by atoms with Gasteiger partial charge in [0.25, 0.3) is 0 Å². The first-order valence-corrected chi connectivity index (χ1v) is 10.7. The van der Waals surface area contributed by atoms with Crippen molar-refractivity contribution in [3.8, 4) is 11.4 Å². The van der Waals surface area contributed by atoms with Gasteiger partial charge in [-0.2, -0.15) is 0 Å². The van der Waals surface area contributed by atoms with E-state index in [0.29, 0.717) is 17.0 Å². The fourth-order valence-electron chi connectivity index (χ4n) is 5.05. The molecule has 0 saturated heterocycles. The molecule has 1 aliphatic carbocycles. The Bertz CT molecular complexity index is 1320. The maximum Gasteiger partial charge on any atom is 0.339 e. The van der Waals surface area contributed by atoms with Crippen LogP contribution in [-0.2, 0) is 10.3 Å². The number of H-pyrrole nitrogens is 1. The Morgan fingerprint density at radius 1 is 1.00 bits per heavy atom. The van der Waals surface area contributed by atoms with Gasteiger partial charge in [-0.1, -0.05) is 42.5 Å². The molecule has 1 fully saturated rings.